The number of aliphatic hydroxyl groups excluding tert-OH is 1. The Hall–Kier alpha value is -2.24. The van der Waals surface area contributed by atoms with E-state index in [-0.39, 0.29) is 18.0 Å². The second-order valence-corrected chi connectivity index (χ2v) is 3.33. The van der Waals surface area contributed by atoms with Gasteiger partial charge in [0.1, 0.15) is 12.1 Å². The van der Waals surface area contributed by atoms with Gasteiger partial charge in [-0.05, 0) is 18.6 Å². The lowest BCUT2D eigenvalue weighted by molar-refractivity contribution is -0.139. The number of halogens is 1. The lowest BCUT2D eigenvalue weighted by atomic mass is 10.3. The third kappa shape index (κ3) is 4.32. The lowest BCUT2D eigenvalue weighted by Gasteiger charge is -2.00. The Morgan fingerprint density at radius 3 is 2.94 bits per heavy atom. The Kier molecular flexibility index (Phi) is 5.50. The van der Waals surface area contributed by atoms with Gasteiger partial charge in [-0.3, -0.25) is 0 Å². The molecule has 0 saturated carbocycles. The number of hydrogen-bond donors (Lipinski definition) is 1. The number of hydrogen-bond acceptors (Lipinski definition) is 5. The monoisotopic (exact) mass is 252 g/mol. The first-order chi connectivity index (χ1) is 8.67. The van der Waals surface area contributed by atoms with Crippen LogP contribution in [0.25, 0.3) is 0 Å². The van der Waals surface area contributed by atoms with Gasteiger partial charge in [-0.1, -0.05) is 13.0 Å². The summed E-state index contributed by atoms with van der Waals surface area (Å²) in [4.78, 5) is 11.3. The minimum Gasteiger partial charge on any atom is -0.513 e. The van der Waals surface area contributed by atoms with Crippen LogP contribution in [0.3, 0.4) is 0 Å². The number of carbonyl (C=O) groups is 1. The molecule has 96 valence electrons. The van der Waals surface area contributed by atoms with Gasteiger partial charge >= 0.3 is 5.97 Å². The summed E-state index contributed by atoms with van der Waals surface area (Å²) in [6.07, 6.45) is 1.16. The van der Waals surface area contributed by atoms with Gasteiger partial charge in [0.25, 0.3) is 0 Å². The summed E-state index contributed by atoms with van der Waals surface area (Å²) in [6.45, 7) is 2.07. The molecular weight excluding hydrogens is 239 g/mol. The van der Waals surface area contributed by atoms with E-state index in [0.717, 1.165) is 6.07 Å². The highest BCUT2D eigenvalue weighted by Gasteiger charge is 2.10. The van der Waals surface area contributed by atoms with E-state index in [1.165, 1.54) is 18.2 Å². The van der Waals surface area contributed by atoms with Crippen molar-refractivity contribution in [2.45, 2.75) is 13.3 Å². The molecule has 0 radical (unpaired) electrons. The van der Waals surface area contributed by atoms with Crippen LogP contribution >= 0.6 is 0 Å². The van der Waals surface area contributed by atoms with E-state index in [0.29, 0.717) is 12.7 Å². The summed E-state index contributed by atoms with van der Waals surface area (Å²) < 4.78 is 17.6. The Morgan fingerprint density at radius 1 is 1.56 bits per heavy atom. The molecule has 0 saturated heterocycles. The number of benzene rings is 1. The van der Waals surface area contributed by atoms with Crippen LogP contribution in [0.1, 0.15) is 13.3 Å². The average molecular weight is 252 g/mol. The van der Waals surface area contributed by atoms with Crippen LogP contribution in [0.4, 0.5) is 10.1 Å². The predicted octanol–water partition coefficient (Wildman–Crippen LogP) is 3.26. The summed E-state index contributed by atoms with van der Waals surface area (Å²) in [5, 5.41) is 16.0. The van der Waals surface area contributed by atoms with Gasteiger partial charge in [0.05, 0.1) is 12.3 Å². The topological polar surface area (TPSA) is 71.2 Å². The lowest BCUT2D eigenvalue weighted by Crippen LogP contribution is -2.07. The molecule has 0 aromatic heterocycles. The number of azo groups is 1. The maximum Gasteiger partial charge on any atom is 0.362 e. The van der Waals surface area contributed by atoms with Crippen molar-refractivity contribution in [1.29, 1.82) is 0 Å². The van der Waals surface area contributed by atoms with Gasteiger partial charge in [0, 0.05) is 6.07 Å². The van der Waals surface area contributed by atoms with Crippen LogP contribution in [0.5, 0.6) is 0 Å². The standard InChI is InChI=1S/C12H13FN2O3/c1-2-6-18-12(17)11(8-16)15-14-10-5-3-4-9(13)7-10/h3-5,7-8,16H,2,6H2,1H3. The molecule has 0 heterocycles. The second kappa shape index (κ2) is 7.16. The molecule has 0 amide bonds. The van der Waals surface area contributed by atoms with Crippen LogP contribution in [0, 0.1) is 5.82 Å². The molecular formula is C12H13FN2O3. The largest absolute Gasteiger partial charge is 0.513 e. The van der Waals surface area contributed by atoms with Crippen molar-refractivity contribution in [3.8, 4) is 0 Å². The van der Waals surface area contributed by atoms with Crippen LogP contribution in [0.15, 0.2) is 46.5 Å². The number of carbonyl (C=O) groups excluding carboxylic acids is 1. The number of rotatable bonds is 5. The molecule has 0 aliphatic carbocycles. The Bertz CT molecular complexity index is 472. The van der Waals surface area contributed by atoms with E-state index in [9.17, 15) is 9.18 Å². The molecule has 1 N–H and O–H groups in total. The maximum absolute atomic E-state index is 12.8. The summed E-state index contributed by atoms with van der Waals surface area (Å²) in [5.41, 5.74) is -0.106. The summed E-state index contributed by atoms with van der Waals surface area (Å²) in [7, 11) is 0. The fraction of sp³-hybridized carbons (Fsp3) is 0.250. The van der Waals surface area contributed by atoms with E-state index in [1.54, 1.807) is 0 Å². The second-order valence-electron chi connectivity index (χ2n) is 3.33. The molecule has 5 nitrogen and oxygen atoms in total. The molecule has 0 aliphatic heterocycles. The molecule has 1 aromatic carbocycles. The Balaban J connectivity index is 2.72. The fourth-order valence-electron chi connectivity index (χ4n) is 1.04. The van der Waals surface area contributed by atoms with Crippen molar-refractivity contribution < 1.29 is 19.0 Å². The third-order valence-electron chi connectivity index (χ3n) is 1.85. The van der Waals surface area contributed by atoms with Crippen molar-refractivity contribution in [2.24, 2.45) is 10.2 Å². The minimum absolute atomic E-state index is 0.228. The Labute approximate surface area is 104 Å². The zero-order chi connectivity index (χ0) is 13.4. The van der Waals surface area contributed by atoms with Gasteiger partial charge in [-0.15, -0.1) is 5.11 Å². The van der Waals surface area contributed by atoms with Crippen molar-refractivity contribution in [3.63, 3.8) is 0 Å². The smallest absolute Gasteiger partial charge is 0.362 e. The first-order valence-corrected chi connectivity index (χ1v) is 5.36. The molecule has 1 rings (SSSR count). The zero-order valence-corrected chi connectivity index (χ0v) is 9.84. The van der Waals surface area contributed by atoms with Crippen LogP contribution < -0.4 is 0 Å². The highest BCUT2D eigenvalue weighted by Crippen LogP contribution is 2.15. The molecule has 18 heavy (non-hydrogen) atoms. The van der Waals surface area contributed by atoms with Crippen molar-refractivity contribution >= 4 is 11.7 Å². The first-order valence-electron chi connectivity index (χ1n) is 5.36. The average Bonchev–Trinajstić information content (AvgIpc) is 2.37. The SMILES string of the molecule is CCCOC(=O)C(=CO)N=Nc1cccc(F)c1. The summed E-state index contributed by atoms with van der Waals surface area (Å²) in [6, 6.07) is 5.38. The van der Waals surface area contributed by atoms with Gasteiger partial charge in [-0.25, -0.2) is 9.18 Å². The first kappa shape index (κ1) is 13.8. The molecule has 0 fully saturated rings. The van der Waals surface area contributed by atoms with E-state index in [2.05, 4.69) is 10.2 Å². The van der Waals surface area contributed by atoms with E-state index in [1.807, 2.05) is 6.92 Å². The number of ether oxygens (including phenoxy) is 1. The van der Waals surface area contributed by atoms with Gasteiger partial charge in [-0.2, -0.15) is 5.11 Å². The highest BCUT2D eigenvalue weighted by molar-refractivity contribution is 5.87. The fourth-order valence-corrected chi connectivity index (χ4v) is 1.04. The zero-order valence-electron chi connectivity index (χ0n) is 9.84. The van der Waals surface area contributed by atoms with Crippen LogP contribution in [0.2, 0.25) is 0 Å². The molecule has 0 spiro atoms. The van der Waals surface area contributed by atoms with E-state index < -0.39 is 11.8 Å². The quantitative estimate of drug-likeness (QED) is 0.378. The van der Waals surface area contributed by atoms with Crippen LogP contribution in [-0.4, -0.2) is 17.7 Å². The maximum atomic E-state index is 12.8. The Morgan fingerprint density at radius 2 is 2.33 bits per heavy atom. The van der Waals surface area contributed by atoms with Crippen LogP contribution in [-0.2, 0) is 9.53 Å². The van der Waals surface area contributed by atoms with E-state index >= 15 is 0 Å². The number of aliphatic hydroxyl groups is 1. The minimum atomic E-state index is -0.778. The molecule has 1 aromatic rings. The molecule has 0 atom stereocenters. The molecule has 0 bridgehead atoms. The van der Waals surface area contributed by atoms with E-state index in [4.69, 9.17) is 9.84 Å². The number of nitrogens with zero attached hydrogens (tertiary/aromatic N) is 2. The van der Waals surface area contributed by atoms with Crippen molar-refractivity contribution in [2.75, 3.05) is 6.61 Å². The highest BCUT2D eigenvalue weighted by atomic mass is 19.1. The van der Waals surface area contributed by atoms with Crippen molar-refractivity contribution in [3.05, 3.63) is 42.0 Å². The molecule has 6 heteroatoms. The summed E-state index contributed by atoms with van der Waals surface area (Å²) in [5.74, 6) is -1.24. The third-order valence-corrected chi connectivity index (χ3v) is 1.85. The normalized spacial score (nSPS) is 11.8. The summed E-state index contributed by atoms with van der Waals surface area (Å²) >= 11 is 0. The van der Waals surface area contributed by atoms with Gasteiger partial charge in [0.15, 0.2) is 0 Å². The molecule has 0 unspecified atom stereocenters. The number of esters is 1. The molecule has 0 aliphatic rings. The predicted molar refractivity (Wildman–Crippen MR) is 62.9 cm³/mol. The van der Waals surface area contributed by atoms with Gasteiger partial charge in [0.2, 0.25) is 5.70 Å². The van der Waals surface area contributed by atoms with Crippen molar-refractivity contribution in [1.82, 2.24) is 0 Å². The van der Waals surface area contributed by atoms with Gasteiger partial charge < -0.3 is 9.84 Å².